The number of amides is 1. The lowest BCUT2D eigenvalue weighted by Gasteiger charge is -2.26. The first-order valence-electron chi connectivity index (χ1n) is 7.39. The lowest BCUT2D eigenvalue weighted by atomic mass is 9.95. The van der Waals surface area contributed by atoms with Gasteiger partial charge in [-0.3, -0.25) is 4.79 Å². The van der Waals surface area contributed by atoms with Crippen molar-refractivity contribution in [3.05, 3.63) is 71.3 Å². The Morgan fingerprint density at radius 1 is 1.10 bits per heavy atom. The van der Waals surface area contributed by atoms with Crippen molar-refractivity contribution in [3.8, 4) is 0 Å². The molecular formula is C18H20N2O. The fourth-order valence-corrected chi connectivity index (χ4v) is 2.78. The van der Waals surface area contributed by atoms with Crippen molar-refractivity contribution < 1.29 is 4.79 Å². The van der Waals surface area contributed by atoms with E-state index in [9.17, 15) is 4.79 Å². The molecule has 3 heteroatoms. The van der Waals surface area contributed by atoms with Gasteiger partial charge in [0.1, 0.15) is 0 Å². The molecule has 0 saturated heterocycles. The molecule has 0 saturated carbocycles. The van der Waals surface area contributed by atoms with Crippen molar-refractivity contribution in [1.29, 1.82) is 0 Å². The average molecular weight is 280 g/mol. The van der Waals surface area contributed by atoms with Gasteiger partial charge in [-0.1, -0.05) is 54.6 Å². The van der Waals surface area contributed by atoms with Gasteiger partial charge in [0.2, 0.25) is 5.91 Å². The Kier molecular flexibility index (Phi) is 4.02. The van der Waals surface area contributed by atoms with Crippen LogP contribution in [0.5, 0.6) is 0 Å². The van der Waals surface area contributed by atoms with Crippen LogP contribution in [0, 0.1) is 0 Å². The van der Waals surface area contributed by atoms with Gasteiger partial charge < -0.3 is 10.6 Å². The number of carbonyl (C=O) groups is 1. The Labute approximate surface area is 125 Å². The molecule has 3 nitrogen and oxygen atoms in total. The van der Waals surface area contributed by atoms with E-state index in [1.165, 1.54) is 11.1 Å². The Bertz CT molecular complexity index is 624. The lowest BCUT2D eigenvalue weighted by Crippen LogP contribution is -2.48. The van der Waals surface area contributed by atoms with E-state index in [0.29, 0.717) is 0 Å². The molecule has 2 N–H and O–H groups in total. The van der Waals surface area contributed by atoms with Crippen molar-refractivity contribution in [1.82, 2.24) is 10.6 Å². The molecule has 1 heterocycles. The fraction of sp³-hybridized carbons (Fsp3) is 0.278. The number of carbonyl (C=O) groups excluding carboxylic acids is 1. The molecule has 0 radical (unpaired) electrons. The summed E-state index contributed by atoms with van der Waals surface area (Å²) in [6, 6.07) is 18.2. The van der Waals surface area contributed by atoms with Crippen LogP contribution < -0.4 is 10.6 Å². The predicted molar refractivity (Wildman–Crippen MR) is 83.8 cm³/mol. The molecule has 0 aromatic heterocycles. The summed E-state index contributed by atoms with van der Waals surface area (Å²) < 4.78 is 0. The molecule has 2 aromatic carbocycles. The summed E-state index contributed by atoms with van der Waals surface area (Å²) >= 11 is 0. The van der Waals surface area contributed by atoms with E-state index in [4.69, 9.17) is 0 Å². The van der Waals surface area contributed by atoms with Crippen molar-refractivity contribution in [2.75, 3.05) is 0 Å². The lowest BCUT2D eigenvalue weighted by molar-refractivity contribution is -0.124. The maximum atomic E-state index is 12.4. The minimum atomic E-state index is -0.147. The third kappa shape index (κ3) is 3.14. The predicted octanol–water partition coefficient (Wildman–Crippen LogP) is 2.58. The highest BCUT2D eigenvalue weighted by molar-refractivity contribution is 5.82. The summed E-state index contributed by atoms with van der Waals surface area (Å²) in [6.45, 7) is 2.78. The number of nitrogens with one attached hydrogen (secondary N) is 2. The van der Waals surface area contributed by atoms with Crippen LogP contribution in [-0.4, -0.2) is 11.9 Å². The minimum absolute atomic E-state index is 0.0256. The quantitative estimate of drug-likeness (QED) is 0.907. The molecule has 2 atom stereocenters. The molecule has 108 valence electrons. The topological polar surface area (TPSA) is 41.1 Å². The Balaban J connectivity index is 1.65. The zero-order valence-corrected chi connectivity index (χ0v) is 12.2. The summed E-state index contributed by atoms with van der Waals surface area (Å²) in [6.07, 6.45) is 0.753. The van der Waals surface area contributed by atoms with Crippen LogP contribution >= 0.6 is 0 Å². The van der Waals surface area contributed by atoms with Crippen molar-refractivity contribution in [2.45, 2.75) is 32.0 Å². The number of fused-ring (bicyclic) bond motifs is 1. The molecule has 3 rings (SSSR count). The monoisotopic (exact) mass is 280 g/mol. The fourth-order valence-electron chi connectivity index (χ4n) is 2.78. The van der Waals surface area contributed by atoms with Crippen LogP contribution in [0.25, 0.3) is 0 Å². The zero-order chi connectivity index (χ0) is 14.7. The van der Waals surface area contributed by atoms with Crippen LogP contribution in [0.4, 0.5) is 0 Å². The second-order valence-corrected chi connectivity index (χ2v) is 5.55. The molecule has 1 amide bonds. The maximum Gasteiger partial charge on any atom is 0.237 e. The van der Waals surface area contributed by atoms with E-state index >= 15 is 0 Å². The van der Waals surface area contributed by atoms with Crippen LogP contribution in [-0.2, 0) is 17.8 Å². The van der Waals surface area contributed by atoms with Crippen molar-refractivity contribution in [2.24, 2.45) is 0 Å². The molecule has 0 bridgehead atoms. The Hall–Kier alpha value is -2.13. The number of rotatable bonds is 3. The second kappa shape index (κ2) is 6.10. The normalized spacial score (nSPS) is 18.6. The highest BCUT2D eigenvalue weighted by atomic mass is 16.2. The zero-order valence-electron chi connectivity index (χ0n) is 12.2. The van der Waals surface area contributed by atoms with E-state index in [1.807, 2.05) is 49.4 Å². The number of hydrogen-bond acceptors (Lipinski definition) is 2. The summed E-state index contributed by atoms with van der Waals surface area (Å²) in [4.78, 5) is 12.4. The average Bonchev–Trinajstić information content (AvgIpc) is 2.55. The Morgan fingerprint density at radius 2 is 1.76 bits per heavy atom. The van der Waals surface area contributed by atoms with E-state index in [2.05, 4.69) is 22.8 Å². The van der Waals surface area contributed by atoms with Gasteiger partial charge >= 0.3 is 0 Å². The third-order valence-electron chi connectivity index (χ3n) is 4.06. The van der Waals surface area contributed by atoms with Gasteiger partial charge in [0.05, 0.1) is 12.1 Å². The molecule has 0 aliphatic carbocycles. The molecule has 0 fully saturated rings. The van der Waals surface area contributed by atoms with Gasteiger partial charge in [0.25, 0.3) is 0 Å². The van der Waals surface area contributed by atoms with Gasteiger partial charge in [0.15, 0.2) is 0 Å². The Morgan fingerprint density at radius 3 is 2.52 bits per heavy atom. The SMILES string of the molecule is CC(NC(=O)[C@@H]1Cc2ccccc2CN1)c1ccccc1. The van der Waals surface area contributed by atoms with Crippen LogP contribution in [0.1, 0.15) is 29.7 Å². The van der Waals surface area contributed by atoms with E-state index in [-0.39, 0.29) is 18.0 Å². The minimum Gasteiger partial charge on any atom is -0.348 e. The first-order chi connectivity index (χ1) is 10.2. The first kappa shape index (κ1) is 13.8. The molecular weight excluding hydrogens is 260 g/mol. The molecule has 21 heavy (non-hydrogen) atoms. The summed E-state index contributed by atoms with van der Waals surface area (Å²) in [5.41, 5.74) is 3.68. The van der Waals surface area contributed by atoms with Gasteiger partial charge in [-0.2, -0.15) is 0 Å². The number of benzene rings is 2. The standard InChI is InChI=1S/C18H20N2O/c1-13(14-7-3-2-4-8-14)20-18(21)17-11-15-9-5-6-10-16(15)12-19-17/h2-10,13,17,19H,11-12H2,1H3,(H,20,21)/t13?,17-/m0/s1. The molecule has 1 aliphatic rings. The van der Waals surface area contributed by atoms with Crippen molar-refractivity contribution in [3.63, 3.8) is 0 Å². The van der Waals surface area contributed by atoms with Crippen molar-refractivity contribution >= 4 is 5.91 Å². The van der Waals surface area contributed by atoms with E-state index in [0.717, 1.165) is 18.5 Å². The molecule has 0 spiro atoms. The summed E-state index contributed by atoms with van der Waals surface area (Å²) in [7, 11) is 0. The van der Waals surface area contributed by atoms with Crippen LogP contribution in [0.15, 0.2) is 54.6 Å². The van der Waals surface area contributed by atoms with Crippen LogP contribution in [0.3, 0.4) is 0 Å². The van der Waals surface area contributed by atoms with Crippen LogP contribution in [0.2, 0.25) is 0 Å². The van der Waals surface area contributed by atoms with E-state index < -0.39 is 0 Å². The smallest absolute Gasteiger partial charge is 0.237 e. The van der Waals surface area contributed by atoms with Gasteiger partial charge in [-0.25, -0.2) is 0 Å². The van der Waals surface area contributed by atoms with Gasteiger partial charge in [-0.15, -0.1) is 0 Å². The van der Waals surface area contributed by atoms with Gasteiger partial charge in [0, 0.05) is 6.54 Å². The largest absolute Gasteiger partial charge is 0.348 e. The summed E-state index contributed by atoms with van der Waals surface area (Å²) in [5, 5.41) is 6.42. The number of hydrogen-bond donors (Lipinski definition) is 2. The molecule has 2 aromatic rings. The summed E-state index contributed by atoms with van der Waals surface area (Å²) in [5.74, 6) is 0.0702. The molecule has 1 aliphatic heterocycles. The van der Waals surface area contributed by atoms with Gasteiger partial charge in [-0.05, 0) is 30.0 Å². The first-order valence-corrected chi connectivity index (χ1v) is 7.39. The highest BCUT2D eigenvalue weighted by Gasteiger charge is 2.24. The second-order valence-electron chi connectivity index (χ2n) is 5.55. The third-order valence-corrected chi connectivity index (χ3v) is 4.06. The molecule has 1 unspecified atom stereocenters. The maximum absolute atomic E-state index is 12.4. The van der Waals surface area contributed by atoms with E-state index in [1.54, 1.807) is 0 Å². The highest BCUT2D eigenvalue weighted by Crippen LogP contribution is 2.17.